The zero-order valence-corrected chi connectivity index (χ0v) is 16.0. The molecule has 0 aromatic heterocycles. The van der Waals surface area contributed by atoms with E-state index in [1.807, 2.05) is 0 Å². The average molecular weight is 415 g/mol. The Bertz CT molecular complexity index is 1020. The van der Waals surface area contributed by atoms with Gasteiger partial charge in [0.2, 0.25) is 5.91 Å². The number of nitrogens with zero attached hydrogens (tertiary/aromatic N) is 2. The van der Waals surface area contributed by atoms with Crippen LogP contribution in [-0.2, 0) is 14.4 Å². The molecule has 3 amide bonds. The smallest absolute Gasteiger partial charge is 0.338 e. The molecule has 1 atom stereocenters. The maximum atomic E-state index is 12.6. The number of imide groups is 1. The van der Waals surface area contributed by atoms with Crippen molar-refractivity contribution in [3.05, 3.63) is 58.6 Å². The number of hydroxylamine groups is 2. The van der Waals surface area contributed by atoms with Crippen LogP contribution >= 0.6 is 11.6 Å². The summed E-state index contributed by atoms with van der Waals surface area (Å²) in [6.45, 7) is 0.0114. The van der Waals surface area contributed by atoms with E-state index in [-0.39, 0.29) is 30.0 Å². The Morgan fingerprint density at radius 1 is 1.07 bits per heavy atom. The van der Waals surface area contributed by atoms with Crippen molar-refractivity contribution >= 4 is 41.0 Å². The number of ether oxygens (including phenoxy) is 1. The van der Waals surface area contributed by atoms with Gasteiger partial charge in [0, 0.05) is 18.0 Å². The number of halogens is 1. The summed E-state index contributed by atoms with van der Waals surface area (Å²) >= 11 is 6.02. The summed E-state index contributed by atoms with van der Waals surface area (Å²) in [7, 11) is 1.46. The van der Waals surface area contributed by atoms with Gasteiger partial charge in [-0.25, -0.2) is 4.79 Å². The summed E-state index contributed by atoms with van der Waals surface area (Å²) in [5.74, 6) is -3.01. The minimum Gasteiger partial charge on any atom is -0.495 e. The quantitative estimate of drug-likeness (QED) is 0.713. The predicted molar refractivity (Wildman–Crippen MR) is 101 cm³/mol. The van der Waals surface area contributed by atoms with Crippen LogP contribution in [0.1, 0.15) is 27.1 Å². The van der Waals surface area contributed by atoms with Gasteiger partial charge in [0.15, 0.2) is 0 Å². The topological polar surface area (TPSA) is 93.2 Å². The molecule has 0 aliphatic carbocycles. The number of hydrogen-bond donors (Lipinski definition) is 0. The number of amides is 3. The van der Waals surface area contributed by atoms with Crippen LogP contribution in [0.25, 0.3) is 0 Å². The number of anilines is 1. The first-order chi connectivity index (χ1) is 13.9. The highest BCUT2D eigenvalue weighted by molar-refractivity contribution is 6.31. The number of rotatable bonds is 4. The van der Waals surface area contributed by atoms with Crippen molar-refractivity contribution < 1.29 is 28.8 Å². The van der Waals surface area contributed by atoms with Crippen LogP contribution in [0, 0.1) is 5.92 Å². The Kier molecular flexibility index (Phi) is 4.71. The van der Waals surface area contributed by atoms with Crippen molar-refractivity contribution in [1.29, 1.82) is 0 Å². The fourth-order valence-electron chi connectivity index (χ4n) is 3.39. The highest BCUT2D eigenvalue weighted by Crippen LogP contribution is 2.35. The van der Waals surface area contributed by atoms with Crippen molar-refractivity contribution in [2.45, 2.75) is 6.42 Å². The molecule has 29 heavy (non-hydrogen) atoms. The molecule has 1 unspecified atom stereocenters. The Labute approximate surface area is 170 Å². The summed E-state index contributed by atoms with van der Waals surface area (Å²) < 4.78 is 5.26. The highest BCUT2D eigenvalue weighted by atomic mass is 35.5. The van der Waals surface area contributed by atoms with Gasteiger partial charge in [-0.3, -0.25) is 14.4 Å². The highest BCUT2D eigenvalue weighted by Gasteiger charge is 2.43. The molecule has 0 saturated carbocycles. The van der Waals surface area contributed by atoms with Gasteiger partial charge in [-0.1, -0.05) is 28.8 Å². The minimum atomic E-state index is -0.851. The summed E-state index contributed by atoms with van der Waals surface area (Å²) in [5, 5.41) is 0.853. The van der Waals surface area contributed by atoms with Gasteiger partial charge >= 0.3 is 5.97 Å². The second kappa shape index (κ2) is 7.21. The Morgan fingerprint density at radius 3 is 2.34 bits per heavy atom. The third-order valence-corrected chi connectivity index (χ3v) is 5.06. The van der Waals surface area contributed by atoms with Gasteiger partial charge in [-0.05, 0) is 30.3 Å². The molecule has 2 aromatic rings. The molecule has 4 rings (SSSR count). The minimum absolute atomic E-state index is 0.0114. The second-order valence-electron chi connectivity index (χ2n) is 6.58. The molecule has 1 fully saturated rings. The molecule has 2 aliphatic rings. The lowest BCUT2D eigenvalue weighted by Crippen LogP contribution is -2.36. The molecule has 0 radical (unpaired) electrons. The van der Waals surface area contributed by atoms with Crippen LogP contribution < -0.4 is 9.64 Å². The number of carbonyl (C=O) groups excluding carboxylic acids is 4. The maximum Gasteiger partial charge on any atom is 0.338 e. The van der Waals surface area contributed by atoms with Gasteiger partial charge in [0.25, 0.3) is 11.8 Å². The van der Waals surface area contributed by atoms with E-state index in [1.54, 1.807) is 30.3 Å². The lowest BCUT2D eigenvalue weighted by molar-refractivity contribution is -0.173. The summed E-state index contributed by atoms with van der Waals surface area (Å²) in [6.07, 6.45) is -0.127. The standard InChI is InChI=1S/C20H15ClN2O6/c1-28-16-7-6-12(21)9-15(16)22-10-11(8-17(22)24)20(27)29-23-18(25)13-4-2-3-5-14(13)19(23)26/h2-7,9,11H,8,10H2,1H3. The largest absolute Gasteiger partial charge is 0.495 e. The van der Waals surface area contributed by atoms with E-state index < -0.39 is 23.7 Å². The SMILES string of the molecule is COc1ccc(Cl)cc1N1CC(C(=O)ON2C(=O)c3ccccc3C2=O)CC1=O. The fraction of sp³-hybridized carbons (Fsp3) is 0.200. The van der Waals surface area contributed by atoms with Crippen LogP contribution in [-0.4, -0.2) is 42.4 Å². The molecule has 9 heteroatoms. The van der Waals surface area contributed by atoms with Crippen LogP contribution in [0.5, 0.6) is 5.75 Å². The Balaban J connectivity index is 1.50. The van der Waals surface area contributed by atoms with E-state index in [1.165, 1.54) is 24.1 Å². The molecule has 1 saturated heterocycles. The van der Waals surface area contributed by atoms with Gasteiger partial charge in [-0.15, -0.1) is 0 Å². The average Bonchev–Trinajstić information content (AvgIpc) is 3.22. The molecule has 0 N–H and O–H groups in total. The molecule has 2 aromatic carbocycles. The summed E-state index contributed by atoms with van der Waals surface area (Å²) in [4.78, 5) is 56.2. The van der Waals surface area contributed by atoms with E-state index >= 15 is 0 Å². The predicted octanol–water partition coefficient (Wildman–Crippen LogP) is 2.46. The maximum absolute atomic E-state index is 12.6. The van der Waals surface area contributed by atoms with Gasteiger partial charge in [-0.2, -0.15) is 0 Å². The Hall–Kier alpha value is -3.39. The molecule has 0 bridgehead atoms. The molecular weight excluding hydrogens is 400 g/mol. The first kappa shape index (κ1) is 18.9. The van der Waals surface area contributed by atoms with Crippen molar-refractivity contribution in [3.8, 4) is 5.75 Å². The van der Waals surface area contributed by atoms with Crippen molar-refractivity contribution in [1.82, 2.24) is 5.06 Å². The van der Waals surface area contributed by atoms with Crippen LogP contribution in [0.4, 0.5) is 5.69 Å². The van der Waals surface area contributed by atoms with Crippen molar-refractivity contribution in [2.24, 2.45) is 5.92 Å². The first-order valence-electron chi connectivity index (χ1n) is 8.74. The van der Waals surface area contributed by atoms with E-state index in [9.17, 15) is 19.2 Å². The van der Waals surface area contributed by atoms with Crippen LogP contribution in [0.15, 0.2) is 42.5 Å². The van der Waals surface area contributed by atoms with E-state index in [0.29, 0.717) is 21.5 Å². The molecule has 148 valence electrons. The number of hydrogen-bond acceptors (Lipinski definition) is 6. The number of carbonyl (C=O) groups is 4. The first-order valence-corrected chi connectivity index (χ1v) is 9.12. The lowest BCUT2D eigenvalue weighted by atomic mass is 10.1. The second-order valence-corrected chi connectivity index (χ2v) is 7.02. The zero-order valence-electron chi connectivity index (χ0n) is 15.3. The van der Waals surface area contributed by atoms with Gasteiger partial charge < -0.3 is 14.5 Å². The van der Waals surface area contributed by atoms with Crippen molar-refractivity contribution in [2.75, 3.05) is 18.6 Å². The lowest BCUT2D eigenvalue weighted by Gasteiger charge is -2.20. The summed E-state index contributed by atoms with van der Waals surface area (Å²) in [6, 6.07) is 11.0. The number of benzene rings is 2. The molecule has 2 aliphatic heterocycles. The number of methoxy groups -OCH3 is 1. The van der Waals surface area contributed by atoms with E-state index in [4.69, 9.17) is 21.2 Å². The van der Waals surface area contributed by atoms with Crippen LogP contribution in [0.3, 0.4) is 0 Å². The third kappa shape index (κ3) is 3.21. The number of fused-ring (bicyclic) bond motifs is 1. The monoisotopic (exact) mass is 414 g/mol. The normalized spacial score (nSPS) is 18.3. The Morgan fingerprint density at radius 2 is 1.72 bits per heavy atom. The molecular formula is C20H15ClN2O6. The fourth-order valence-corrected chi connectivity index (χ4v) is 3.55. The van der Waals surface area contributed by atoms with Crippen molar-refractivity contribution in [3.63, 3.8) is 0 Å². The van der Waals surface area contributed by atoms with E-state index in [2.05, 4.69) is 0 Å². The van der Waals surface area contributed by atoms with E-state index in [0.717, 1.165) is 0 Å². The van der Waals surface area contributed by atoms with Gasteiger partial charge in [0.05, 0.1) is 29.8 Å². The molecule has 0 spiro atoms. The summed E-state index contributed by atoms with van der Waals surface area (Å²) in [5.41, 5.74) is 0.761. The third-order valence-electron chi connectivity index (χ3n) is 4.83. The molecule has 8 nitrogen and oxygen atoms in total. The zero-order chi connectivity index (χ0) is 20.7. The van der Waals surface area contributed by atoms with Gasteiger partial charge in [0.1, 0.15) is 5.75 Å². The molecule has 2 heterocycles. The van der Waals surface area contributed by atoms with Crippen LogP contribution in [0.2, 0.25) is 5.02 Å².